The topological polar surface area (TPSA) is 76.2 Å². The number of fused-ring (bicyclic) bond motifs is 1. The first-order valence-corrected chi connectivity index (χ1v) is 10.8. The molecule has 0 N–H and O–H groups in total. The standard InChI is InChI=1S/C24H22ClFN2O5/c1-15(29)16-2-4-21(20(26)12-16)27-6-8-28(9-7-27)23(30)14-33-24(31)18-10-17-11-19(25)3-5-22(17)32-13-18/h2-5,10-12H,6-9,13-14H2,1H3. The molecule has 2 aliphatic rings. The number of carbonyl (C=O) groups excluding carboxylic acids is 3. The molecule has 7 nitrogen and oxygen atoms in total. The maximum atomic E-state index is 14.4. The molecule has 1 fully saturated rings. The van der Waals surface area contributed by atoms with Gasteiger partial charge >= 0.3 is 5.97 Å². The van der Waals surface area contributed by atoms with E-state index in [1.807, 2.05) is 4.90 Å². The quantitative estimate of drug-likeness (QED) is 0.490. The lowest BCUT2D eigenvalue weighted by atomic mass is 10.1. The van der Waals surface area contributed by atoms with E-state index in [0.717, 1.165) is 0 Å². The zero-order valence-electron chi connectivity index (χ0n) is 18.0. The van der Waals surface area contributed by atoms with Gasteiger partial charge in [-0.15, -0.1) is 0 Å². The lowest BCUT2D eigenvalue weighted by Gasteiger charge is -2.36. The molecule has 1 amide bonds. The van der Waals surface area contributed by atoms with Crippen LogP contribution in [0.3, 0.4) is 0 Å². The fourth-order valence-corrected chi connectivity index (χ4v) is 3.94. The van der Waals surface area contributed by atoms with Crippen molar-refractivity contribution in [3.63, 3.8) is 0 Å². The fourth-order valence-electron chi connectivity index (χ4n) is 3.76. The molecule has 0 bridgehead atoms. The summed E-state index contributed by atoms with van der Waals surface area (Å²) in [4.78, 5) is 39.7. The van der Waals surface area contributed by atoms with Crippen molar-refractivity contribution < 1.29 is 28.2 Å². The lowest BCUT2D eigenvalue weighted by Crippen LogP contribution is -2.50. The molecular formula is C24H22ClFN2O5. The summed E-state index contributed by atoms with van der Waals surface area (Å²) in [5.74, 6) is -0.995. The van der Waals surface area contributed by atoms with Gasteiger partial charge in [-0.3, -0.25) is 9.59 Å². The van der Waals surface area contributed by atoms with E-state index >= 15 is 0 Å². The highest BCUT2D eigenvalue weighted by atomic mass is 35.5. The molecule has 0 radical (unpaired) electrons. The third-order valence-electron chi connectivity index (χ3n) is 5.60. The summed E-state index contributed by atoms with van der Waals surface area (Å²) in [6.45, 7) is 2.62. The summed E-state index contributed by atoms with van der Waals surface area (Å²) < 4.78 is 25.1. The maximum Gasteiger partial charge on any atom is 0.338 e. The number of carbonyl (C=O) groups is 3. The Labute approximate surface area is 195 Å². The number of benzene rings is 2. The van der Waals surface area contributed by atoms with Crippen LogP contribution in [-0.2, 0) is 14.3 Å². The van der Waals surface area contributed by atoms with E-state index < -0.39 is 11.8 Å². The first-order valence-electron chi connectivity index (χ1n) is 10.4. The van der Waals surface area contributed by atoms with Crippen molar-refractivity contribution in [1.82, 2.24) is 4.90 Å². The first-order chi connectivity index (χ1) is 15.8. The van der Waals surface area contributed by atoms with Crippen LogP contribution in [0, 0.1) is 5.82 Å². The number of ether oxygens (including phenoxy) is 2. The highest BCUT2D eigenvalue weighted by Gasteiger charge is 2.25. The Morgan fingerprint density at radius 3 is 2.55 bits per heavy atom. The number of rotatable bonds is 5. The maximum absolute atomic E-state index is 14.4. The van der Waals surface area contributed by atoms with Crippen LogP contribution in [0.5, 0.6) is 5.75 Å². The molecule has 33 heavy (non-hydrogen) atoms. The second-order valence-electron chi connectivity index (χ2n) is 7.81. The minimum Gasteiger partial charge on any atom is -0.488 e. The third-order valence-corrected chi connectivity index (χ3v) is 5.84. The van der Waals surface area contributed by atoms with Crippen molar-refractivity contribution >= 4 is 41.0 Å². The van der Waals surface area contributed by atoms with Crippen LogP contribution in [0.4, 0.5) is 10.1 Å². The number of halogens is 2. The van der Waals surface area contributed by atoms with Crippen molar-refractivity contribution in [3.8, 4) is 5.75 Å². The molecule has 0 spiro atoms. The third kappa shape index (κ3) is 5.17. The Kier molecular flexibility index (Phi) is 6.65. The van der Waals surface area contributed by atoms with Crippen molar-refractivity contribution in [1.29, 1.82) is 0 Å². The molecule has 9 heteroatoms. The molecule has 2 aromatic carbocycles. The molecule has 4 rings (SSSR count). The van der Waals surface area contributed by atoms with E-state index in [-0.39, 0.29) is 24.9 Å². The van der Waals surface area contributed by atoms with Gasteiger partial charge in [0, 0.05) is 42.3 Å². The zero-order valence-corrected chi connectivity index (χ0v) is 18.7. The van der Waals surface area contributed by atoms with Crippen molar-refractivity contribution in [2.24, 2.45) is 0 Å². The minimum absolute atomic E-state index is 0.0499. The van der Waals surface area contributed by atoms with Gasteiger partial charge in [0.2, 0.25) is 0 Å². The second-order valence-corrected chi connectivity index (χ2v) is 8.24. The molecule has 2 aliphatic heterocycles. The van der Waals surface area contributed by atoms with E-state index in [9.17, 15) is 18.8 Å². The second kappa shape index (κ2) is 9.62. The van der Waals surface area contributed by atoms with Crippen LogP contribution in [0.1, 0.15) is 22.8 Å². The van der Waals surface area contributed by atoms with Crippen LogP contribution in [-0.4, -0.2) is 62.0 Å². The number of anilines is 1. The molecule has 2 aromatic rings. The fraction of sp³-hybridized carbons (Fsp3) is 0.292. The smallest absolute Gasteiger partial charge is 0.338 e. The summed E-state index contributed by atoms with van der Waals surface area (Å²) in [5.41, 5.74) is 1.68. The Hall–Kier alpha value is -3.39. The van der Waals surface area contributed by atoms with E-state index in [1.165, 1.54) is 13.0 Å². The monoisotopic (exact) mass is 472 g/mol. The van der Waals surface area contributed by atoms with E-state index in [0.29, 0.717) is 59.3 Å². The normalized spacial score (nSPS) is 15.3. The summed E-state index contributed by atoms with van der Waals surface area (Å²) in [7, 11) is 0. The number of Topliss-reactive ketones (excluding diaryl/α,β-unsaturated/α-hetero) is 1. The van der Waals surface area contributed by atoms with Gasteiger partial charge in [0.1, 0.15) is 18.2 Å². The molecule has 172 valence electrons. The summed E-state index contributed by atoms with van der Waals surface area (Å²) in [6, 6.07) is 9.51. The van der Waals surface area contributed by atoms with Gasteiger partial charge in [-0.1, -0.05) is 11.6 Å². The van der Waals surface area contributed by atoms with Gasteiger partial charge in [0.15, 0.2) is 12.4 Å². The van der Waals surface area contributed by atoms with Crippen LogP contribution in [0.2, 0.25) is 5.02 Å². The van der Waals surface area contributed by atoms with Crippen LogP contribution in [0.25, 0.3) is 6.08 Å². The molecular weight excluding hydrogens is 451 g/mol. The van der Waals surface area contributed by atoms with Crippen LogP contribution in [0.15, 0.2) is 42.0 Å². The largest absolute Gasteiger partial charge is 0.488 e. The number of hydrogen-bond acceptors (Lipinski definition) is 6. The molecule has 2 heterocycles. The molecule has 0 atom stereocenters. The molecule has 0 aliphatic carbocycles. The van der Waals surface area contributed by atoms with Gasteiger partial charge in [-0.2, -0.15) is 0 Å². The molecule has 0 unspecified atom stereocenters. The summed E-state index contributed by atoms with van der Waals surface area (Å²) in [5, 5.41) is 0.521. The SMILES string of the molecule is CC(=O)c1ccc(N2CCN(C(=O)COC(=O)C3=Cc4cc(Cl)ccc4OC3)CC2)c(F)c1. The number of piperazine rings is 1. The number of hydrogen-bond donors (Lipinski definition) is 0. The molecule has 0 saturated carbocycles. The predicted octanol–water partition coefficient (Wildman–Crippen LogP) is 3.35. The average Bonchev–Trinajstić information content (AvgIpc) is 2.81. The highest BCUT2D eigenvalue weighted by molar-refractivity contribution is 6.30. The summed E-state index contributed by atoms with van der Waals surface area (Å²) in [6.07, 6.45) is 1.64. The number of amides is 1. The number of esters is 1. The van der Waals surface area contributed by atoms with Crippen LogP contribution >= 0.6 is 11.6 Å². The molecule has 0 aromatic heterocycles. The highest BCUT2D eigenvalue weighted by Crippen LogP contribution is 2.29. The van der Waals surface area contributed by atoms with Crippen molar-refractivity contribution in [2.75, 3.05) is 44.3 Å². The summed E-state index contributed by atoms with van der Waals surface area (Å²) >= 11 is 5.98. The Bertz CT molecular complexity index is 1140. The van der Waals surface area contributed by atoms with Crippen molar-refractivity contribution in [3.05, 3.63) is 63.9 Å². The Morgan fingerprint density at radius 2 is 1.85 bits per heavy atom. The predicted molar refractivity (Wildman–Crippen MR) is 121 cm³/mol. The minimum atomic E-state index is -0.625. The Balaban J connectivity index is 1.29. The van der Waals surface area contributed by atoms with Gasteiger partial charge in [-0.25, -0.2) is 9.18 Å². The van der Waals surface area contributed by atoms with E-state index in [4.69, 9.17) is 21.1 Å². The van der Waals surface area contributed by atoms with Gasteiger partial charge in [0.25, 0.3) is 5.91 Å². The Morgan fingerprint density at radius 1 is 1.09 bits per heavy atom. The lowest BCUT2D eigenvalue weighted by molar-refractivity contribution is -0.149. The van der Waals surface area contributed by atoms with Gasteiger partial charge in [0.05, 0.1) is 11.3 Å². The number of ketones is 1. The van der Waals surface area contributed by atoms with Gasteiger partial charge < -0.3 is 19.3 Å². The average molecular weight is 473 g/mol. The van der Waals surface area contributed by atoms with E-state index in [1.54, 1.807) is 41.3 Å². The zero-order chi connectivity index (χ0) is 23.5. The van der Waals surface area contributed by atoms with Gasteiger partial charge in [-0.05, 0) is 49.4 Å². The van der Waals surface area contributed by atoms with Crippen molar-refractivity contribution in [2.45, 2.75) is 6.92 Å². The first kappa shape index (κ1) is 22.8. The van der Waals surface area contributed by atoms with Crippen LogP contribution < -0.4 is 9.64 Å². The molecule has 1 saturated heterocycles. The number of nitrogens with zero attached hydrogens (tertiary/aromatic N) is 2. The van der Waals surface area contributed by atoms with E-state index in [2.05, 4.69) is 0 Å².